The molecule has 27 heavy (non-hydrogen) atoms. The lowest BCUT2D eigenvalue weighted by molar-refractivity contribution is 0.0376. The molecule has 1 aromatic heterocycles. The molecule has 1 aromatic carbocycles. The molecule has 0 atom stereocenters. The maximum atomic E-state index is 5.38. The Morgan fingerprint density at radius 1 is 1.22 bits per heavy atom. The predicted octanol–water partition coefficient (Wildman–Crippen LogP) is 1.85. The molecule has 1 aliphatic heterocycles. The number of imidazole rings is 1. The van der Waals surface area contributed by atoms with Crippen molar-refractivity contribution in [3.63, 3.8) is 0 Å². The van der Waals surface area contributed by atoms with Gasteiger partial charge in [-0.15, -0.1) is 0 Å². The SMILES string of the molecule is CCNC(=NCc1ncc(-c2ccccc2)[nH]1)NCCCN1CCOCC1. The standard InChI is InChI=1S/C20H30N6O/c1-2-21-20(22-9-6-10-26-11-13-27-14-12-26)24-16-19-23-15-18(25-19)17-7-4-3-5-8-17/h3-5,7-8,15H,2,6,9-14,16H2,1H3,(H,23,25)(H2,21,22,24). The molecule has 0 saturated carbocycles. The first-order valence-electron chi connectivity index (χ1n) is 9.76. The molecule has 1 aliphatic rings. The average molecular weight is 371 g/mol. The van der Waals surface area contributed by atoms with Gasteiger partial charge in [-0.25, -0.2) is 9.98 Å². The lowest BCUT2D eigenvalue weighted by Gasteiger charge is -2.26. The number of aliphatic imine (C=N–C) groups is 1. The van der Waals surface area contributed by atoms with E-state index in [4.69, 9.17) is 4.74 Å². The van der Waals surface area contributed by atoms with Crippen molar-refractivity contribution in [3.8, 4) is 11.3 Å². The van der Waals surface area contributed by atoms with Crippen molar-refractivity contribution >= 4 is 5.96 Å². The summed E-state index contributed by atoms with van der Waals surface area (Å²) in [6.07, 6.45) is 2.95. The van der Waals surface area contributed by atoms with Crippen LogP contribution in [0.3, 0.4) is 0 Å². The Hall–Kier alpha value is -2.38. The summed E-state index contributed by atoms with van der Waals surface area (Å²) < 4.78 is 5.38. The Morgan fingerprint density at radius 2 is 2.04 bits per heavy atom. The summed E-state index contributed by atoms with van der Waals surface area (Å²) in [5.74, 6) is 1.69. The van der Waals surface area contributed by atoms with Gasteiger partial charge in [0.15, 0.2) is 5.96 Å². The van der Waals surface area contributed by atoms with Crippen molar-refractivity contribution < 1.29 is 4.74 Å². The van der Waals surface area contributed by atoms with Gasteiger partial charge in [-0.05, 0) is 25.5 Å². The molecule has 1 fully saturated rings. The van der Waals surface area contributed by atoms with E-state index >= 15 is 0 Å². The van der Waals surface area contributed by atoms with Crippen molar-refractivity contribution in [2.24, 2.45) is 4.99 Å². The predicted molar refractivity (Wildman–Crippen MR) is 109 cm³/mol. The van der Waals surface area contributed by atoms with Gasteiger partial charge in [0.25, 0.3) is 0 Å². The van der Waals surface area contributed by atoms with Gasteiger partial charge in [0.1, 0.15) is 12.4 Å². The molecule has 0 bridgehead atoms. The normalized spacial score (nSPS) is 15.7. The third-order valence-electron chi connectivity index (χ3n) is 4.49. The highest BCUT2D eigenvalue weighted by atomic mass is 16.5. The molecule has 7 nitrogen and oxygen atoms in total. The molecule has 0 spiro atoms. The summed E-state index contributed by atoms with van der Waals surface area (Å²) in [5.41, 5.74) is 2.15. The van der Waals surface area contributed by atoms with Gasteiger partial charge < -0.3 is 20.4 Å². The molecule has 3 N–H and O–H groups in total. The monoisotopic (exact) mass is 370 g/mol. The molecule has 1 saturated heterocycles. The number of aromatic nitrogens is 2. The molecule has 0 unspecified atom stereocenters. The molecule has 146 valence electrons. The van der Waals surface area contributed by atoms with Crippen molar-refractivity contribution in [1.29, 1.82) is 0 Å². The van der Waals surface area contributed by atoms with Crippen molar-refractivity contribution in [3.05, 3.63) is 42.4 Å². The smallest absolute Gasteiger partial charge is 0.191 e. The van der Waals surface area contributed by atoms with Crippen LogP contribution in [0.25, 0.3) is 11.3 Å². The summed E-state index contributed by atoms with van der Waals surface area (Å²) in [6, 6.07) is 10.2. The first-order chi connectivity index (χ1) is 13.3. The number of guanidine groups is 1. The van der Waals surface area contributed by atoms with E-state index in [1.165, 1.54) is 0 Å². The van der Waals surface area contributed by atoms with E-state index in [0.29, 0.717) is 6.54 Å². The second-order valence-corrected chi connectivity index (χ2v) is 6.54. The zero-order valence-electron chi connectivity index (χ0n) is 16.1. The number of rotatable bonds is 8. The third-order valence-corrected chi connectivity index (χ3v) is 4.49. The number of nitrogens with one attached hydrogen (secondary N) is 3. The van der Waals surface area contributed by atoms with Crippen LogP contribution >= 0.6 is 0 Å². The molecule has 2 aromatic rings. The largest absolute Gasteiger partial charge is 0.379 e. The molecule has 0 aliphatic carbocycles. The number of hydrogen-bond acceptors (Lipinski definition) is 4. The molecule has 7 heteroatoms. The highest BCUT2D eigenvalue weighted by Crippen LogP contribution is 2.16. The van der Waals surface area contributed by atoms with Crippen LogP contribution in [0.15, 0.2) is 41.5 Å². The fourth-order valence-corrected chi connectivity index (χ4v) is 3.04. The summed E-state index contributed by atoms with van der Waals surface area (Å²) in [5, 5.41) is 6.70. The highest BCUT2D eigenvalue weighted by molar-refractivity contribution is 5.79. The second-order valence-electron chi connectivity index (χ2n) is 6.54. The first-order valence-corrected chi connectivity index (χ1v) is 9.76. The van der Waals surface area contributed by atoms with Gasteiger partial charge in [0, 0.05) is 26.2 Å². The minimum Gasteiger partial charge on any atom is -0.379 e. The van der Waals surface area contributed by atoms with Crippen LogP contribution < -0.4 is 10.6 Å². The Bertz CT molecular complexity index is 694. The van der Waals surface area contributed by atoms with Crippen molar-refractivity contribution in [2.75, 3.05) is 45.9 Å². The molecule has 0 amide bonds. The van der Waals surface area contributed by atoms with E-state index in [1.54, 1.807) is 0 Å². The zero-order valence-corrected chi connectivity index (χ0v) is 16.1. The highest BCUT2D eigenvalue weighted by Gasteiger charge is 2.09. The quantitative estimate of drug-likeness (QED) is 0.376. The summed E-state index contributed by atoms with van der Waals surface area (Å²) in [7, 11) is 0. The summed E-state index contributed by atoms with van der Waals surface area (Å²) >= 11 is 0. The van der Waals surface area contributed by atoms with E-state index in [0.717, 1.165) is 75.4 Å². The molecule has 3 rings (SSSR count). The van der Waals surface area contributed by atoms with Gasteiger partial charge in [-0.2, -0.15) is 0 Å². The maximum Gasteiger partial charge on any atom is 0.191 e. The van der Waals surface area contributed by atoms with Gasteiger partial charge in [0.2, 0.25) is 0 Å². The lowest BCUT2D eigenvalue weighted by Crippen LogP contribution is -2.40. The van der Waals surface area contributed by atoms with E-state index in [2.05, 4.69) is 49.6 Å². The molecular formula is C20H30N6O. The van der Waals surface area contributed by atoms with Gasteiger partial charge >= 0.3 is 0 Å². The van der Waals surface area contributed by atoms with Crippen LogP contribution in [-0.4, -0.2) is 66.8 Å². The van der Waals surface area contributed by atoms with Crippen LogP contribution in [-0.2, 0) is 11.3 Å². The van der Waals surface area contributed by atoms with E-state index < -0.39 is 0 Å². The zero-order chi connectivity index (χ0) is 18.7. The number of hydrogen-bond donors (Lipinski definition) is 3. The second kappa shape index (κ2) is 10.7. The van der Waals surface area contributed by atoms with Gasteiger partial charge in [0.05, 0.1) is 25.1 Å². The third kappa shape index (κ3) is 6.37. The van der Waals surface area contributed by atoms with Gasteiger partial charge in [-0.1, -0.05) is 30.3 Å². The number of aromatic amines is 1. The summed E-state index contributed by atoms with van der Waals surface area (Å²) in [4.78, 5) is 14.9. The number of morpholine rings is 1. The maximum absolute atomic E-state index is 5.38. The lowest BCUT2D eigenvalue weighted by atomic mass is 10.2. The van der Waals surface area contributed by atoms with Gasteiger partial charge in [-0.3, -0.25) is 4.90 Å². The number of nitrogens with zero attached hydrogens (tertiary/aromatic N) is 3. The van der Waals surface area contributed by atoms with Crippen molar-refractivity contribution in [1.82, 2.24) is 25.5 Å². The van der Waals surface area contributed by atoms with Crippen LogP contribution in [0.5, 0.6) is 0 Å². The number of ether oxygens (including phenoxy) is 1. The first kappa shape index (κ1) is 19.4. The van der Waals surface area contributed by atoms with Crippen LogP contribution in [0.1, 0.15) is 19.2 Å². The Morgan fingerprint density at radius 3 is 2.81 bits per heavy atom. The Kier molecular flexibility index (Phi) is 7.68. The topological polar surface area (TPSA) is 77.6 Å². The Labute approximate surface area is 161 Å². The molecular weight excluding hydrogens is 340 g/mol. The van der Waals surface area contributed by atoms with Crippen LogP contribution in [0, 0.1) is 0 Å². The van der Waals surface area contributed by atoms with E-state index in [-0.39, 0.29) is 0 Å². The van der Waals surface area contributed by atoms with Crippen LogP contribution in [0.4, 0.5) is 0 Å². The molecule has 2 heterocycles. The average Bonchev–Trinajstić information content (AvgIpc) is 3.20. The summed E-state index contributed by atoms with van der Waals surface area (Å²) in [6.45, 7) is 9.20. The minimum absolute atomic E-state index is 0.519. The fraction of sp³-hybridized carbons (Fsp3) is 0.500. The number of H-pyrrole nitrogens is 1. The fourth-order valence-electron chi connectivity index (χ4n) is 3.04. The van der Waals surface area contributed by atoms with E-state index in [9.17, 15) is 0 Å². The van der Waals surface area contributed by atoms with Crippen LogP contribution in [0.2, 0.25) is 0 Å². The molecule has 0 radical (unpaired) electrons. The van der Waals surface area contributed by atoms with Crippen molar-refractivity contribution in [2.45, 2.75) is 19.9 Å². The minimum atomic E-state index is 0.519. The number of benzene rings is 1. The Balaban J connectivity index is 1.46. The van der Waals surface area contributed by atoms with E-state index in [1.807, 2.05) is 24.4 Å².